The predicted octanol–water partition coefficient (Wildman–Crippen LogP) is 0.898. The molecule has 0 aromatic carbocycles. The molecule has 0 atom stereocenters. The maximum Gasteiger partial charge on any atom is 0.244 e. The summed E-state index contributed by atoms with van der Waals surface area (Å²) in [5, 5.41) is 7.07. The van der Waals surface area contributed by atoms with Crippen LogP contribution in [0.25, 0.3) is 0 Å². The van der Waals surface area contributed by atoms with Crippen LogP contribution in [0.5, 0.6) is 0 Å². The van der Waals surface area contributed by atoms with Crippen molar-refractivity contribution in [1.29, 1.82) is 0 Å². The molecular weight excluding hydrogens is 290 g/mol. The molecule has 21 heavy (non-hydrogen) atoms. The van der Waals surface area contributed by atoms with E-state index in [2.05, 4.69) is 20.1 Å². The topological polar surface area (TPSA) is 88.9 Å². The summed E-state index contributed by atoms with van der Waals surface area (Å²) in [6.45, 7) is 2.19. The van der Waals surface area contributed by atoms with E-state index in [0.29, 0.717) is 5.82 Å². The lowest BCUT2D eigenvalue weighted by atomic mass is 10.2. The van der Waals surface area contributed by atoms with Crippen LogP contribution in [0, 0.1) is 0 Å². The highest BCUT2D eigenvalue weighted by Gasteiger charge is 2.19. The van der Waals surface area contributed by atoms with Crippen molar-refractivity contribution in [3.8, 4) is 0 Å². The zero-order valence-electron chi connectivity index (χ0n) is 12.3. The van der Waals surface area contributed by atoms with E-state index in [0.717, 1.165) is 17.7 Å². The van der Waals surface area contributed by atoms with Crippen molar-refractivity contribution in [2.75, 3.05) is 12.4 Å². The van der Waals surface area contributed by atoms with Crippen LogP contribution in [0.15, 0.2) is 29.4 Å². The van der Waals surface area contributed by atoms with E-state index in [9.17, 15) is 8.42 Å². The molecule has 0 radical (unpaired) electrons. The second kappa shape index (κ2) is 6.23. The van der Waals surface area contributed by atoms with Crippen molar-refractivity contribution in [3.05, 3.63) is 35.8 Å². The van der Waals surface area contributed by atoms with Gasteiger partial charge in [-0.1, -0.05) is 6.92 Å². The van der Waals surface area contributed by atoms with Crippen molar-refractivity contribution >= 4 is 15.8 Å². The minimum atomic E-state index is -3.63. The third-order valence-electron chi connectivity index (χ3n) is 3.08. The first-order valence-electron chi connectivity index (χ1n) is 6.61. The summed E-state index contributed by atoms with van der Waals surface area (Å²) in [6, 6.07) is 3.11. The van der Waals surface area contributed by atoms with Gasteiger partial charge in [0.15, 0.2) is 0 Å². The summed E-state index contributed by atoms with van der Waals surface area (Å²) >= 11 is 0. The van der Waals surface area contributed by atoms with Gasteiger partial charge in [-0.15, -0.1) is 0 Å². The van der Waals surface area contributed by atoms with E-state index in [-0.39, 0.29) is 11.4 Å². The first-order chi connectivity index (χ1) is 9.97. The summed E-state index contributed by atoms with van der Waals surface area (Å²) in [4.78, 5) is 4.14. The van der Waals surface area contributed by atoms with Gasteiger partial charge < -0.3 is 5.32 Å². The zero-order chi connectivity index (χ0) is 15.5. The van der Waals surface area contributed by atoms with Crippen LogP contribution in [0.1, 0.15) is 18.2 Å². The molecule has 0 unspecified atom stereocenters. The number of nitrogens with zero attached hydrogens (tertiary/aromatic N) is 3. The Bertz CT molecular complexity index is 724. The number of anilines is 1. The van der Waals surface area contributed by atoms with Gasteiger partial charge in [-0.3, -0.25) is 4.68 Å². The highest BCUT2D eigenvalue weighted by molar-refractivity contribution is 7.89. The molecule has 0 aliphatic carbocycles. The minimum Gasteiger partial charge on any atom is -0.372 e. The Kier molecular flexibility index (Phi) is 4.59. The van der Waals surface area contributed by atoms with Crippen molar-refractivity contribution in [3.63, 3.8) is 0 Å². The van der Waals surface area contributed by atoms with Gasteiger partial charge in [-0.25, -0.2) is 18.1 Å². The Morgan fingerprint density at radius 3 is 2.81 bits per heavy atom. The summed E-state index contributed by atoms with van der Waals surface area (Å²) in [7, 11) is -0.176. The highest BCUT2D eigenvalue weighted by Crippen LogP contribution is 2.18. The molecule has 0 aliphatic rings. The molecule has 0 saturated carbocycles. The van der Waals surface area contributed by atoms with Gasteiger partial charge in [0.2, 0.25) is 10.0 Å². The summed E-state index contributed by atoms with van der Waals surface area (Å²) in [5.41, 5.74) is 1.76. The number of rotatable bonds is 6. The van der Waals surface area contributed by atoms with Crippen molar-refractivity contribution in [2.45, 2.75) is 24.8 Å². The van der Waals surface area contributed by atoms with Gasteiger partial charge >= 0.3 is 0 Å². The monoisotopic (exact) mass is 309 g/mol. The van der Waals surface area contributed by atoms with Crippen LogP contribution >= 0.6 is 0 Å². The molecule has 114 valence electrons. The lowest BCUT2D eigenvalue weighted by molar-refractivity contribution is 0.581. The van der Waals surface area contributed by atoms with Gasteiger partial charge in [0.05, 0.1) is 5.69 Å². The van der Waals surface area contributed by atoms with Gasteiger partial charge in [0.25, 0.3) is 0 Å². The molecule has 7 nitrogen and oxygen atoms in total. The molecule has 2 rings (SSSR count). The summed E-state index contributed by atoms with van der Waals surface area (Å²) in [5.74, 6) is 0.326. The minimum absolute atomic E-state index is 0.134. The maximum absolute atomic E-state index is 12.4. The quantitative estimate of drug-likeness (QED) is 0.827. The lowest BCUT2D eigenvalue weighted by Gasteiger charge is -2.10. The molecule has 0 spiro atoms. The Balaban J connectivity index is 2.22. The van der Waals surface area contributed by atoms with Gasteiger partial charge in [-0.2, -0.15) is 5.10 Å². The van der Waals surface area contributed by atoms with Crippen LogP contribution < -0.4 is 10.0 Å². The number of hydrogen-bond acceptors (Lipinski definition) is 5. The smallest absolute Gasteiger partial charge is 0.244 e. The SMILES string of the molecule is CCc1nn(C)cc1CNS(=O)(=O)c1cccnc1NC. The molecule has 0 amide bonds. The summed E-state index contributed by atoms with van der Waals surface area (Å²) in [6.07, 6.45) is 4.12. The molecule has 0 saturated heterocycles. The second-order valence-corrected chi connectivity index (χ2v) is 6.29. The van der Waals surface area contributed by atoms with Crippen molar-refractivity contribution < 1.29 is 8.42 Å². The number of sulfonamides is 1. The number of pyridine rings is 1. The maximum atomic E-state index is 12.4. The first kappa shape index (κ1) is 15.5. The number of nitrogens with one attached hydrogen (secondary N) is 2. The van der Waals surface area contributed by atoms with Crippen LogP contribution in [0.3, 0.4) is 0 Å². The Labute approximate surface area is 124 Å². The van der Waals surface area contributed by atoms with E-state index < -0.39 is 10.0 Å². The normalized spacial score (nSPS) is 11.6. The third-order valence-corrected chi connectivity index (χ3v) is 4.51. The van der Waals surface area contributed by atoms with Crippen LogP contribution in [-0.4, -0.2) is 30.2 Å². The zero-order valence-corrected chi connectivity index (χ0v) is 13.1. The third kappa shape index (κ3) is 3.40. The standard InChI is InChI=1S/C13H19N5O2S/c1-4-11-10(9-18(3)17-11)8-16-21(19,20)12-6-5-7-15-13(12)14-2/h5-7,9,16H,4,8H2,1-3H3,(H,14,15). The van der Waals surface area contributed by atoms with Crippen molar-refractivity contribution in [2.24, 2.45) is 7.05 Å². The molecule has 2 N–H and O–H groups in total. The van der Waals surface area contributed by atoms with Crippen LogP contribution in [0.4, 0.5) is 5.82 Å². The fraction of sp³-hybridized carbons (Fsp3) is 0.385. The first-order valence-corrected chi connectivity index (χ1v) is 8.10. The number of aromatic nitrogens is 3. The van der Waals surface area contributed by atoms with Gasteiger partial charge in [-0.05, 0) is 18.6 Å². The van der Waals surface area contributed by atoms with E-state index in [1.165, 1.54) is 6.07 Å². The fourth-order valence-corrected chi connectivity index (χ4v) is 3.24. The molecule has 0 fully saturated rings. The fourth-order valence-electron chi connectivity index (χ4n) is 2.07. The lowest BCUT2D eigenvalue weighted by Crippen LogP contribution is -2.24. The Morgan fingerprint density at radius 2 is 2.14 bits per heavy atom. The molecular formula is C13H19N5O2S. The second-order valence-electron chi connectivity index (χ2n) is 4.55. The van der Waals surface area contributed by atoms with Crippen LogP contribution in [-0.2, 0) is 30.0 Å². The average molecular weight is 309 g/mol. The molecule has 8 heteroatoms. The van der Waals surface area contributed by atoms with E-state index in [1.807, 2.05) is 20.2 Å². The van der Waals surface area contributed by atoms with E-state index >= 15 is 0 Å². The van der Waals surface area contributed by atoms with Crippen LogP contribution in [0.2, 0.25) is 0 Å². The Hall–Kier alpha value is -1.93. The number of hydrogen-bond donors (Lipinski definition) is 2. The number of aryl methyl sites for hydroxylation is 2. The Morgan fingerprint density at radius 1 is 1.38 bits per heavy atom. The highest BCUT2D eigenvalue weighted by atomic mass is 32.2. The molecule has 0 bridgehead atoms. The molecule has 0 aliphatic heterocycles. The molecule has 2 heterocycles. The van der Waals surface area contributed by atoms with E-state index in [1.54, 1.807) is 24.0 Å². The van der Waals surface area contributed by atoms with Crippen molar-refractivity contribution in [1.82, 2.24) is 19.5 Å². The molecule has 2 aromatic heterocycles. The average Bonchev–Trinajstić information content (AvgIpc) is 2.85. The van der Waals surface area contributed by atoms with E-state index in [4.69, 9.17) is 0 Å². The largest absolute Gasteiger partial charge is 0.372 e. The predicted molar refractivity (Wildman–Crippen MR) is 80.4 cm³/mol. The summed E-state index contributed by atoms with van der Waals surface area (Å²) < 4.78 is 29.0. The molecule has 2 aromatic rings. The van der Waals surface area contributed by atoms with Gasteiger partial charge in [0, 0.05) is 38.6 Å². The van der Waals surface area contributed by atoms with Gasteiger partial charge in [0.1, 0.15) is 10.7 Å².